The van der Waals surface area contributed by atoms with E-state index in [2.05, 4.69) is 24.3 Å². The van der Waals surface area contributed by atoms with Crippen LogP contribution in [0.2, 0.25) is 0 Å². The van der Waals surface area contributed by atoms with Crippen LogP contribution in [-0.4, -0.2) is 0 Å². The fourth-order valence-electron chi connectivity index (χ4n) is 2.13. The topological polar surface area (TPSA) is 17.0 Å². The van der Waals surface area contributed by atoms with Crippen LogP contribution in [0.4, 0.5) is 0 Å². The molecule has 0 saturated heterocycles. The van der Waals surface area contributed by atoms with E-state index in [1.807, 2.05) is 66.2 Å². The predicted molar refractivity (Wildman–Crippen MR) is 81.9 cm³/mol. The van der Waals surface area contributed by atoms with Gasteiger partial charge in [-0.15, -0.1) is 0 Å². The maximum absolute atomic E-state index is 5.79. The van der Waals surface area contributed by atoms with Gasteiger partial charge in [-0.3, -0.25) is 0 Å². The maximum Gasteiger partial charge on any atom is 0.373 e. The predicted octanol–water partition coefficient (Wildman–Crippen LogP) is 3.98. The number of hydrogen-bond donors (Lipinski definition) is 0. The number of rotatable bonds is 3. The lowest BCUT2D eigenvalue weighted by molar-refractivity contribution is -0.652. The van der Waals surface area contributed by atoms with E-state index in [4.69, 9.17) is 4.42 Å². The first-order chi connectivity index (χ1) is 9.84. The van der Waals surface area contributed by atoms with Crippen molar-refractivity contribution in [3.63, 3.8) is 0 Å². The summed E-state index contributed by atoms with van der Waals surface area (Å²) in [5, 5.41) is 0. The molecule has 2 aromatic carbocycles. The second-order valence-electron chi connectivity index (χ2n) is 4.60. The largest absolute Gasteiger partial charge is 0.398 e. The van der Waals surface area contributed by atoms with Crippen molar-refractivity contribution >= 4 is 23.3 Å². The van der Waals surface area contributed by atoms with Crippen molar-refractivity contribution in [3.05, 3.63) is 78.2 Å². The van der Waals surface area contributed by atoms with Gasteiger partial charge in [0.1, 0.15) is 7.05 Å². The van der Waals surface area contributed by atoms with E-state index in [9.17, 15) is 0 Å². The average Bonchev–Trinajstić information content (AvgIpc) is 2.82. The van der Waals surface area contributed by atoms with Crippen LogP contribution in [0, 0.1) is 0 Å². The molecule has 0 radical (unpaired) electrons. The van der Waals surface area contributed by atoms with Gasteiger partial charge in [0.15, 0.2) is 0 Å². The zero-order valence-corrected chi connectivity index (χ0v) is 11.4. The molecule has 0 atom stereocenters. The van der Waals surface area contributed by atoms with Crippen molar-refractivity contribution in [1.82, 2.24) is 0 Å². The van der Waals surface area contributed by atoms with Crippen molar-refractivity contribution in [1.29, 1.82) is 0 Å². The normalized spacial score (nSPS) is 11.8. The summed E-state index contributed by atoms with van der Waals surface area (Å²) in [6.07, 6.45) is 8.05. The zero-order chi connectivity index (χ0) is 13.8. The lowest BCUT2D eigenvalue weighted by Crippen LogP contribution is -2.29. The Bertz CT molecular complexity index is 766. The number of benzene rings is 2. The van der Waals surface area contributed by atoms with Crippen LogP contribution < -0.4 is 4.57 Å². The highest BCUT2D eigenvalue weighted by atomic mass is 16.3. The monoisotopic (exact) mass is 262 g/mol. The molecule has 0 bridgehead atoms. The van der Waals surface area contributed by atoms with Gasteiger partial charge < -0.3 is 4.42 Å². The van der Waals surface area contributed by atoms with Gasteiger partial charge in [0.25, 0.3) is 5.52 Å². The third kappa shape index (κ3) is 2.54. The van der Waals surface area contributed by atoms with Crippen molar-refractivity contribution in [3.8, 4) is 0 Å². The smallest absolute Gasteiger partial charge is 0.373 e. The van der Waals surface area contributed by atoms with Gasteiger partial charge in [-0.25, -0.2) is 0 Å². The van der Waals surface area contributed by atoms with E-state index in [1.54, 1.807) is 0 Å². The highest BCUT2D eigenvalue weighted by Gasteiger charge is 2.14. The number of aryl methyl sites for hydroxylation is 1. The molecule has 2 nitrogen and oxygen atoms in total. The van der Waals surface area contributed by atoms with Crippen LogP contribution in [0.3, 0.4) is 0 Å². The number of hydrogen-bond acceptors (Lipinski definition) is 1. The lowest BCUT2D eigenvalue weighted by Gasteiger charge is -1.88. The number of nitrogens with zero attached hydrogens (tertiary/aromatic N) is 1. The highest BCUT2D eigenvalue weighted by molar-refractivity contribution is 5.69. The van der Waals surface area contributed by atoms with Crippen LogP contribution in [0.25, 0.3) is 23.3 Å². The van der Waals surface area contributed by atoms with Gasteiger partial charge >= 0.3 is 5.89 Å². The SMILES string of the molecule is C[n+]1c(/C=C/C=C\c2ccccc2)oc2ccccc21. The molecular formula is C18H16NO+. The molecule has 20 heavy (non-hydrogen) atoms. The molecule has 0 aliphatic heterocycles. The number of aromatic nitrogens is 1. The summed E-state index contributed by atoms with van der Waals surface area (Å²) in [4.78, 5) is 0. The first kappa shape index (κ1) is 12.4. The number of fused-ring (bicyclic) bond motifs is 1. The van der Waals surface area contributed by atoms with Crippen LogP contribution in [0.5, 0.6) is 0 Å². The Labute approximate surface area is 118 Å². The summed E-state index contributed by atoms with van der Waals surface area (Å²) in [6.45, 7) is 0. The summed E-state index contributed by atoms with van der Waals surface area (Å²) in [5.41, 5.74) is 3.19. The van der Waals surface area contributed by atoms with Gasteiger partial charge in [0.05, 0.1) is 6.08 Å². The van der Waals surface area contributed by atoms with E-state index < -0.39 is 0 Å². The van der Waals surface area contributed by atoms with Gasteiger partial charge in [0.2, 0.25) is 5.58 Å². The Morgan fingerprint density at radius 2 is 1.55 bits per heavy atom. The minimum atomic E-state index is 0.837. The molecule has 98 valence electrons. The Kier molecular flexibility index (Phi) is 3.46. The van der Waals surface area contributed by atoms with E-state index in [-0.39, 0.29) is 0 Å². The van der Waals surface area contributed by atoms with E-state index in [0.29, 0.717) is 0 Å². The molecule has 3 aromatic rings. The number of oxazole rings is 1. The molecule has 2 heteroatoms. The summed E-state index contributed by atoms with van der Waals surface area (Å²) in [5.74, 6) is 0.837. The second kappa shape index (κ2) is 5.57. The first-order valence-electron chi connectivity index (χ1n) is 6.62. The highest BCUT2D eigenvalue weighted by Crippen LogP contribution is 2.13. The quantitative estimate of drug-likeness (QED) is 0.515. The molecule has 0 saturated carbocycles. The number of para-hydroxylation sites is 2. The maximum atomic E-state index is 5.79. The molecule has 0 N–H and O–H groups in total. The summed E-state index contributed by atoms with van der Waals surface area (Å²) >= 11 is 0. The van der Waals surface area contributed by atoms with Crippen LogP contribution in [-0.2, 0) is 7.05 Å². The molecule has 1 aromatic heterocycles. The van der Waals surface area contributed by atoms with E-state index >= 15 is 0 Å². The van der Waals surface area contributed by atoms with Crippen LogP contribution in [0.15, 0.2) is 71.2 Å². The summed E-state index contributed by atoms with van der Waals surface area (Å²) in [6, 6.07) is 18.3. The molecular weight excluding hydrogens is 246 g/mol. The van der Waals surface area contributed by atoms with Crippen molar-refractivity contribution in [2.75, 3.05) is 0 Å². The lowest BCUT2D eigenvalue weighted by atomic mass is 10.2. The average molecular weight is 262 g/mol. The molecule has 1 heterocycles. The molecule has 0 spiro atoms. The minimum Gasteiger partial charge on any atom is -0.398 e. The Morgan fingerprint density at radius 1 is 0.850 bits per heavy atom. The second-order valence-corrected chi connectivity index (χ2v) is 4.60. The fraction of sp³-hybridized carbons (Fsp3) is 0.0556. The molecule has 0 amide bonds. The van der Waals surface area contributed by atoms with Gasteiger partial charge in [-0.2, -0.15) is 4.57 Å². The molecule has 0 unspecified atom stereocenters. The van der Waals surface area contributed by atoms with Crippen molar-refractivity contribution < 1.29 is 8.98 Å². The Balaban J connectivity index is 1.81. The molecule has 0 aliphatic rings. The standard InChI is InChI=1S/C18H16NO/c1-19-16-12-6-7-13-17(16)20-18(19)14-8-5-11-15-9-3-2-4-10-15/h2-14H,1H3/q+1/b11-5-,14-8+. The van der Waals surface area contributed by atoms with Gasteiger partial charge in [-0.05, 0) is 11.6 Å². The van der Waals surface area contributed by atoms with Gasteiger partial charge in [0, 0.05) is 6.07 Å². The van der Waals surface area contributed by atoms with Crippen molar-refractivity contribution in [2.45, 2.75) is 0 Å². The first-order valence-corrected chi connectivity index (χ1v) is 6.62. The Morgan fingerprint density at radius 3 is 2.35 bits per heavy atom. The minimum absolute atomic E-state index is 0.837. The molecule has 0 aliphatic carbocycles. The third-order valence-corrected chi connectivity index (χ3v) is 3.21. The van der Waals surface area contributed by atoms with Crippen molar-refractivity contribution in [2.24, 2.45) is 7.05 Å². The third-order valence-electron chi connectivity index (χ3n) is 3.21. The summed E-state index contributed by atoms with van der Waals surface area (Å²) in [7, 11) is 2.01. The van der Waals surface area contributed by atoms with Crippen LogP contribution in [0.1, 0.15) is 11.5 Å². The fourth-order valence-corrected chi connectivity index (χ4v) is 2.13. The molecule has 3 rings (SSSR count). The number of allylic oxidation sites excluding steroid dienone is 2. The molecule has 0 fully saturated rings. The van der Waals surface area contributed by atoms with Gasteiger partial charge in [-0.1, -0.05) is 60.7 Å². The van der Waals surface area contributed by atoms with E-state index in [1.165, 1.54) is 5.56 Å². The van der Waals surface area contributed by atoms with Crippen LogP contribution >= 0.6 is 0 Å². The van der Waals surface area contributed by atoms with E-state index in [0.717, 1.165) is 17.0 Å². The zero-order valence-electron chi connectivity index (χ0n) is 11.4. The Hall–Kier alpha value is -2.61. The summed E-state index contributed by atoms with van der Waals surface area (Å²) < 4.78 is 7.84.